The highest BCUT2D eigenvalue weighted by atomic mass is 16.2. The van der Waals surface area contributed by atoms with Gasteiger partial charge in [-0.2, -0.15) is 0 Å². The molecule has 0 atom stereocenters. The normalized spacial score (nSPS) is 10.4. The number of Topliss-reactive ketones (excluding diaryl/α,β-unsaturated/α-hetero) is 1. The number of hydrogen-bond donors (Lipinski definition) is 3. The summed E-state index contributed by atoms with van der Waals surface area (Å²) >= 11 is 0. The molecule has 0 fully saturated rings. The SMILES string of the molecule is CCNC(=O)Nc1ccc2ncc(Nc3cccc(C(C)=O)c3)nc2n1. The first-order chi connectivity index (χ1) is 12.5. The Morgan fingerprint density at radius 1 is 1.08 bits per heavy atom. The van der Waals surface area contributed by atoms with Crippen molar-refractivity contribution in [2.45, 2.75) is 13.8 Å². The van der Waals surface area contributed by atoms with E-state index in [2.05, 4.69) is 30.9 Å². The summed E-state index contributed by atoms with van der Waals surface area (Å²) in [6, 6.07) is 10.2. The van der Waals surface area contributed by atoms with Crippen molar-refractivity contribution in [2.24, 2.45) is 0 Å². The Morgan fingerprint density at radius 2 is 1.88 bits per heavy atom. The maximum Gasteiger partial charge on any atom is 0.320 e. The van der Waals surface area contributed by atoms with E-state index in [0.717, 1.165) is 5.69 Å². The number of nitrogens with one attached hydrogen (secondary N) is 3. The number of carbonyl (C=O) groups is 2. The lowest BCUT2D eigenvalue weighted by Crippen LogP contribution is -2.28. The first-order valence-corrected chi connectivity index (χ1v) is 8.12. The summed E-state index contributed by atoms with van der Waals surface area (Å²) in [7, 11) is 0. The molecule has 0 unspecified atom stereocenters. The molecule has 26 heavy (non-hydrogen) atoms. The van der Waals surface area contributed by atoms with Crippen LogP contribution in [-0.2, 0) is 0 Å². The van der Waals surface area contributed by atoms with Crippen LogP contribution in [0.3, 0.4) is 0 Å². The third kappa shape index (κ3) is 4.10. The molecular weight excluding hydrogens is 332 g/mol. The first kappa shape index (κ1) is 17.3. The van der Waals surface area contributed by atoms with Gasteiger partial charge in [0.15, 0.2) is 17.2 Å². The van der Waals surface area contributed by atoms with Crippen LogP contribution in [0.4, 0.5) is 22.1 Å². The second-order valence-electron chi connectivity index (χ2n) is 5.54. The lowest BCUT2D eigenvalue weighted by molar-refractivity contribution is 0.101. The summed E-state index contributed by atoms with van der Waals surface area (Å²) in [4.78, 5) is 36.1. The van der Waals surface area contributed by atoms with Gasteiger partial charge in [-0.15, -0.1) is 0 Å². The van der Waals surface area contributed by atoms with Gasteiger partial charge in [0.2, 0.25) is 0 Å². The number of pyridine rings is 1. The molecule has 8 heteroatoms. The topological polar surface area (TPSA) is 109 Å². The molecule has 0 aliphatic carbocycles. The van der Waals surface area contributed by atoms with Crippen molar-refractivity contribution in [2.75, 3.05) is 17.2 Å². The molecule has 2 amide bonds. The molecule has 1 aromatic carbocycles. The Hall–Kier alpha value is -3.55. The molecule has 2 heterocycles. The maximum absolute atomic E-state index is 11.6. The lowest BCUT2D eigenvalue weighted by atomic mass is 10.1. The third-order valence-electron chi connectivity index (χ3n) is 3.53. The van der Waals surface area contributed by atoms with Gasteiger partial charge in [-0.25, -0.2) is 19.7 Å². The summed E-state index contributed by atoms with van der Waals surface area (Å²) in [5.41, 5.74) is 2.33. The molecule has 0 bridgehead atoms. The molecule has 0 aliphatic rings. The van der Waals surface area contributed by atoms with Gasteiger partial charge in [0.05, 0.1) is 6.20 Å². The second-order valence-corrected chi connectivity index (χ2v) is 5.54. The van der Waals surface area contributed by atoms with E-state index in [4.69, 9.17) is 0 Å². The van der Waals surface area contributed by atoms with Gasteiger partial charge in [0.25, 0.3) is 0 Å². The fourth-order valence-electron chi connectivity index (χ4n) is 2.31. The second kappa shape index (κ2) is 7.56. The van der Waals surface area contributed by atoms with Crippen LogP contribution in [0.15, 0.2) is 42.6 Å². The number of carbonyl (C=O) groups excluding carboxylic acids is 2. The van der Waals surface area contributed by atoms with E-state index >= 15 is 0 Å². The Labute approximate surface area is 150 Å². The number of amides is 2. The Bertz CT molecular complexity index is 973. The van der Waals surface area contributed by atoms with Crippen molar-refractivity contribution in [1.29, 1.82) is 0 Å². The van der Waals surface area contributed by atoms with Crippen molar-refractivity contribution in [1.82, 2.24) is 20.3 Å². The van der Waals surface area contributed by atoms with Gasteiger partial charge in [0.1, 0.15) is 11.3 Å². The summed E-state index contributed by atoms with van der Waals surface area (Å²) in [5.74, 6) is 0.857. The van der Waals surface area contributed by atoms with Crippen LogP contribution in [0.5, 0.6) is 0 Å². The number of rotatable bonds is 5. The molecule has 3 N–H and O–H groups in total. The quantitative estimate of drug-likeness (QED) is 0.610. The van der Waals surface area contributed by atoms with Crippen LogP contribution in [0.25, 0.3) is 11.2 Å². The zero-order chi connectivity index (χ0) is 18.5. The minimum atomic E-state index is -0.331. The Morgan fingerprint density at radius 3 is 2.65 bits per heavy atom. The summed E-state index contributed by atoms with van der Waals surface area (Å²) in [6.07, 6.45) is 1.58. The van der Waals surface area contributed by atoms with Crippen LogP contribution in [-0.4, -0.2) is 33.3 Å². The minimum absolute atomic E-state index is 0.0130. The highest BCUT2D eigenvalue weighted by molar-refractivity contribution is 5.95. The average Bonchev–Trinajstić information content (AvgIpc) is 2.62. The number of nitrogens with zero attached hydrogens (tertiary/aromatic N) is 3. The van der Waals surface area contributed by atoms with Crippen molar-refractivity contribution in [3.8, 4) is 0 Å². The standard InChI is InChI=1S/C18H18N6O2/c1-3-19-18(26)24-15-8-7-14-17(22-15)23-16(10-20-14)21-13-6-4-5-12(9-13)11(2)25/h4-10H,3H2,1-2H3,(H3,19,21,22,23,24,26). The molecule has 0 saturated carbocycles. The minimum Gasteiger partial charge on any atom is -0.339 e. The van der Waals surface area contributed by atoms with E-state index in [-0.39, 0.29) is 11.8 Å². The van der Waals surface area contributed by atoms with Crippen molar-refractivity contribution in [3.63, 3.8) is 0 Å². The molecule has 3 aromatic rings. The van der Waals surface area contributed by atoms with Crippen molar-refractivity contribution < 1.29 is 9.59 Å². The van der Waals surface area contributed by atoms with Gasteiger partial charge in [-0.1, -0.05) is 12.1 Å². The van der Waals surface area contributed by atoms with Gasteiger partial charge in [0, 0.05) is 17.8 Å². The molecule has 3 rings (SSSR count). The number of benzene rings is 1. The zero-order valence-corrected chi connectivity index (χ0v) is 14.4. The molecular formula is C18H18N6O2. The average molecular weight is 350 g/mol. The molecule has 8 nitrogen and oxygen atoms in total. The highest BCUT2D eigenvalue weighted by Gasteiger charge is 2.07. The number of aromatic nitrogens is 3. The van der Waals surface area contributed by atoms with Gasteiger partial charge in [-0.05, 0) is 38.1 Å². The zero-order valence-electron chi connectivity index (χ0n) is 14.4. The van der Waals surface area contributed by atoms with E-state index in [0.29, 0.717) is 34.9 Å². The fraction of sp³-hybridized carbons (Fsp3) is 0.167. The van der Waals surface area contributed by atoms with E-state index in [1.54, 1.807) is 36.5 Å². The fourth-order valence-corrected chi connectivity index (χ4v) is 2.31. The molecule has 0 spiro atoms. The Balaban J connectivity index is 1.84. The van der Waals surface area contributed by atoms with Gasteiger partial charge < -0.3 is 10.6 Å². The van der Waals surface area contributed by atoms with Crippen molar-refractivity contribution >= 4 is 40.3 Å². The van der Waals surface area contributed by atoms with E-state index in [9.17, 15) is 9.59 Å². The number of hydrogen-bond acceptors (Lipinski definition) is 6. The largest absolute Gasteiger partial charge is 0.339 e. The molecule has 0 aliphatic heterocycles. The highest BCUT2D eigenvalue weighted by Crippen LogP contribution is 2.18. The number of urea groups is 1. The van der Waals surface area contributed by atoms with Crippen LogP contribution < -0.4 is 16.0 Å². The van der Waals surface area contributed by atoms with Crippen molar-refractivity contribution in [3.05, 3.63) is 48.2 Å². The predicted molar refractivity (Wildman–Crippen MR) is 99.8 cm³/mol. The molecule has 132 valence electrons. The Kier molecular flexibility index (Phi) is 5.02. The van der Waals surface area contributed by atoms with Crippen LogP contribution in [0.2, 0.25) is 0 Å². The van der Waals surface area contributed by atoms with Gasteiger partial charge in [-0.3, -0.25) is 10.1 Å². The summed E-state index contributed by atoms with van der Waals surface area (Å²) in [6.45, 7) is 3.87. The predicted octanol–water partition coefficient (Wildman–Crippen LogP) is 3.11. The number of anilines is 3. The first-order valence-electron chi connectivity index (χ1n) is 8.12. The smallest absolute Gasteiger partial charge is 0.320 e. The van der Waals surface area contributed by atoms with E-state index in [1.165, 1.54) is 6.92 Å². The number of ketones is 1. The molecule has 0 saturated heterocycles. The van der Waals surface area contributed by atoms with Crippen LogP contribution in [0.1, 0.15) is 24.2 Å². The summed E-state index contributed by atoms with van der Waals surface area (Å²) < 4.78 is 0. The lowest BCUT2D eigenvalue weighted by Gasteiger charge is -2.08. The van der Waals surface area contributed by atoms with E-state index in [1.807, 2.05) is 13.0 Å². The number of fused-ring (bicyclic) bond motifs is 1. The summed E-state index contributed by atoms with van der Waals surface area (Å²) in [5, 5.41) is 8.38. The van der Waals surface area contributed by atoms with Crippen LogP contribution >= 0.6 is 0 Å². The third-order valence-corrected chi connectivity index (χ3v) is 3.53. The molecule has 0 radical (unpaired) electrons. The maximum atomic E-state index is 11.6. The monoisotopic (exact) mass is 350 g/mol. The van der Waals surface area contributed by atoms with Gasteiger partial charge >= 0.3 is 6.03 Å². The van der Waals surface area contributed by atoms with E-state index < -0.39 is 0 Å². The molecule has 2 aromatic heterocycles. The van der Waals surface area contributed by atoms with Crippen LogP contribution in [0, 0.1) is 0 Å².